The summed E-state index contributed by atoms with van der Waals surface area (Å²) in [5.41, 5.74) is 8.98. The van der Waals surface area contributed by atoms with Crippen molar-refractivity contribution in [3.8, 4) is 11.5 Å². The van der Waals surface area contributed by atoms with Crippen LogP contribution >= 0.6 is 15.9 Å². The molecule has 3 rings (SSSR count). The summed E-state index contributed by atoms with van der Waals surface area (Å²) in [4.78, 5) is 0. The van der Waals surface area contributed by atoms with Gasteiger partial charge in [0.05, 0.1) is 4.47 Å². The minimum atomic E-state index is 0.128. The van der Waals surface area contributed by atoms with Gasteiger partial charge in [0, 0.05) is 17.0 Å². The number of nitrogens with two attached hydrogens (primary N) is 1. The number of rotatable bonds is 3. The third-order valence-corrected chi connectivity index (χ3v) is 5.00. The normalized spacial score (nSPS) is 20.7. The summed E-state index contributed by atoms with van der Waals surface area (Å²) in [5, 5.41) is 0. The van der Waals surface area contributed by atoms with E-state index in [1.165, 1.54) is 11.1 Å². The van der Waals surface area contributed by atoms with Crippen molar-refractivity contribution in [2.45, 2.75) is 51.0 Å². The minimum absolute atomic E-state index is 0.128. The van der Waals surface area contributed by atoms with E-state index in [0.29, 0.717) is 12.7 Å². The maximum Gasteiger partial charge on any atom is 0.231 e. The molecule has 0 aromatic heterocycles. The van der Waals surface area contributed by atoms with Crippen molar-refractivity contribution in [2.24, 2.45) is 5.73 Å². The van der Waals surface area contributed by atoms with Crippen molar-refractivity contribution >= 4 is 15.9 Å². The quantitative estimate of drug-likeness (QED) is 0.921. The van der Waals surface area contributed by atoms with E-state index in [2.05, 4.69) is 42.8 Å². The van der Waals surface area contributed by atoms with Crippen LogP contribution in [0.3, 0.4) is 0 Å². The number of benzene rings is 1. The first-order valence-corrected chi connectivity index (χ1v) is 7.64. The van der Waals surface area contributed by atoms with Gasteiger partial charge in [-0.25, -0.2) is 0 Å². The molecular weight excluding hydrogens is 306 g/mol. The highest BCUT2D eigenvalue weighted by atomic mass is 79.9. The van der Waals surface area contributed by atoms with Gasteiger partial charge in [0.1, 0.15) is 0 Å². The smallest absolute Gasteiger partial charge is 0.231 e. The van der Waals surface area contributed by atoms with Gasteiger partial charge in [-0.3, -0.25) is 0 Å². The van der Waals surface area contributed by atoms with E-state index in [9.17, 15) is 0 Å². The zero-order chi connectivity index (χ0) is 13.8. The van der Waals surface area contributed by atoms with Crippen LogP contribution in [0.15, 0.2) is 10.5 Å². The zero-order valence-electron chi connectivity index (χ0n) is 11.6. The van der Waals surface area contributed by atoms with Gasteiger partial charge in [0.2, 0.25) is 6.79 Å². The molecule has 1 aromatic carbocycles. The van der Waals surface area contributed by atoms with Crippen LogP contribution in [0.4, 0.5) is 0 Å². The number of hydrogen-bond donors (Lipinski definition) is 1. The van der Waals surface area contributed by atoms with E-state index < -0.39 is 0 Å². The number of halogens is 1. The molecule has 2 N–H and O–H groups in total. The predicted octanol–water partition coefficient (Wildman–Crippen LogP) is 3.68. The van der Waals surface area contributed by atoms with Crippen molar-refractivity contribution in [1.29, 1.82) is 0 Å². The maximum atomic E-state index is 6.24. The Labute approximate surface area is 122 Å². The maximum absolute atomic E-state index is 6.24. The molecule has 2 aliphatic rings. The fourth-order valence-corrected chi connectivity index (χ4v) is 3.66. The van der Waals surface area contributed by atoms with Gasteiger partial charge in [0.25, 0.3) is 0 Å². The van der Waals surface area contributed by atoms with E-state index in [4.69, 9.17) is 15.2 Å². The summed E-state index contributed by atoms with van der Waals surface area (Å²) < 4.78 is 12.3. The Morgan fingerprint density at radius 1 is 1.21 bits per heavy atom. The second kappa shape index (κ2) is 4.38. The molecule has 1 unspecified atom stereocenters. The monoisotopic (exact) mass is 325 g/mol. The second-order valence-corrected chi connectivity index (χ2v) is 6.84. The van der Waals surface area contributed by atoms with Gasteiger partial charge < -0.3 is 15.2 Å². The average molecular weight is 326 g/mol. The molecule has 3 nitrogen and oxygen atoms in total. The van der Waals surface area contributed by atoms with Crippen molar-refractivity contribution in [3.05, 3.63) is 21.7 Å². The molecule has 19 heavy (non-hydrogen) atoms. The Balaban J connectivity index is 2.22. The molecule has 0 bridgehead atoms. The summed E-state index contributed by atoms with van der Waals surface area (Å²) in [6.07, 6.45) is 2.33. The van der Waals surface area contributed by atoms with Gasteiger partial charge in [-0.1, -0.05) is 13.8 Å². The molecule has 1 aliphatic carbocycles. The lowest BCUT2D eigenvalue weighted by Crippen LogP contribution is -2.32. The van der Waals surface area contributed by atoms with E-state index in [1.54, 1.807) is 0 Å². The van der Waals surface area contributed by atoms with Crippen molar-refractivity contribution in [3.63, 3.8) is 0 Å². The van der Waals surface area contributed by atoms with Crippen LogP contribution in [-0.4, -0.2) is 12.8 Å². The van der Waals surface area contributed by atoms with Gasteiger partial charge >= 0.3 is 0 Å². The highest BCUT2D eigenvalue weighted by molar-refractivity contribution is 9.10. The summed E-state index contributed by atoms with van der Waals surface area (Å²) in [6, 6.07) is 2.36. The fourth-order valence-electron chi connectivity index (χ4n) is 3.14. The SMILES string of the molecule is CC(C)c1c(C2(C(C)N)CC2)cc(Br)c2c1OCO2. The Bertz CT molecular complexity index is 521. The first-order valence-electron chi connectivity index (χ1n) is 6.85. The highest BCUT2D eigenvalue weighted by Gasteiger charge is 2.50. The van der Waals surface area contributed by atoms with E-state index in [1.807, 2.05) is 0 Å². The highest BCUT2D eigenvalue weighted by Crippen LogP contribution is 2.57. The predicted molar refractivity (Wildman–Crippen MR) is 78.9 cm³/mol. The molecule has 1 saturated carbocycles. The molecule has 1 atom stereocenters. The first-order chi connectivity index (χ1) is 8.97. The van der Waals surface area contributed by atoms with Gasteiger partial charge in [-0.15, -0.1) is 0 Å². The molecule has 1 fully saturated rings. The van der Waals surface area contributed by atoms with Gasteiger partial charge in [-0.05, 0) is 53.2 Å². The van der Waals surface area contributed by atoms with Crippen LogP contribution in [0.25, 0.3) is 0 Å². The van der Waals surface area contributed by atoms with E-state index in [0.717, 1.165) is 28.8 Å². The third kappa shape index (κ3) is 1.88. The third-order valence-electron chi connectivity index (χ3n) is 4.41. The van der Waals surface area contributed by atoms with Gasteiger partial charge in [-0.2, -0.15) is 0 Å². The molecular formula is C15H20BrNO2. The van der Waals surface area contributed by atoms with Crippen molar-refractivity contribution in [1.82, 2.24) is 0 Å². The average Bonchev–Trinajstić information content (AvgIpc) is 3.01. The Morgan fingerprint density at radius 2 is 1.84 bits per heavy atom. The number of ether oxygens (including phenoxy) is 2. The number of hydrogen-bond acceptors (Lipinski definition) is 3. The van der Waals surface area contributed by atoms with Crippen LogP contribution in [0.1, 0.15) is 50.7 Å². The fraction of sp³-hybridized carbons (Fsp3) is 0.600. The number of fused-ring (bicyclic) bond motifs is 1. The zero-order valence-corrected chi connectivity index (χ0v) is 13.2. The molecule has 0 radical (unpaired) electrons. The van der Waals surface area contributed by atoms with Crippen molar-refractivity contribution < 1.29 is 9.47 Å². The standard InChI is InChI=1S/C15H20BrNO2/c1-8(2)12-10(15(4-5-15)9(3)17)6-11(16)13-14(12)19-7-18-13/h6,8-9H,4-5,7,17H2,1-3H3. The summed E-state index contributed by atoms with van der Waals surface area (Å²) in [7, 11) is 0. The lowest BCUT2D eigenvalue weighted by Gasteiger charge is -2.26. The van der Waals surface area contributed by atoms with Crippen LogP contribution in [0, 0.1) is 0 Å². The molecule has 104 valence electrons. The van der Waals surface area contributed by atoms with Crippen LogP contribution < -0.4 is 15.2 Å². The Kier molecular flexibility index (Phi) is 3.06. The largest absolute Gasteiger partial charge is 0.453 e. The molecule has 0 spiro atoms. The lowest BCUT2D eigenvalue weighted by molar-refractivity contribution is 0.172. The molecule has 0 saturated heterocycles. The summed E-state index contributed by atoms with van der Waals surface area (Å²) in [5.74, 6) is 2.15. The van der Waals surface area contributed by atoms with E-state index in [-0.39, 0.29) is 11.5 Å². The topological polar surface area (TPSA) is 44.5 Å². The van der Waals surface area contributed by atoms with Crippen LogP contribution in [0.2, 0.25) is 0 Å². The molecule has 1 heterocycles. The van der Waals surface area contributed by atoms with E-state index >= 15 is 0 Å². The van der Waals surface area contributed by atoms with Crippen LogP contribution in [-0.2, 0) is 5.41 Å². The van der Waals surface area contributed by atoms with Crippen molar-refractivity contribution in [2.75, 3.05) is 6.79 Å². The Hall–Kier alpha value is -0.740. The molecule has 4 heteroatoms. The molecule has 1 aliphatic heterocycles. The lowest BCUT2D eigenvalue weighted by atomic mass is 9.82. The minimum Gasteiger partial charge on any atom is -0.453 e. The van der Waals surface area contributed by atoms with Crippen LogP contribution in [0.5, 0.6) is 11.5 Å². The summed E-state index contributed by atoms with van der Waals surface area (Å²) in [6.45, 7) is 6.82. The molecule has 1 aromatic rings. The summed E-state index contributed by atoms with van der Waals surface area (Å²) >= 11 is 3.60. The Morgan fingerprint density at radius 3 is 2.37 bits per heavy atom. The second-order valence-electron chi connectivity index (χ2n) is 5.98. The van der Waals surface area contributed by atoms with Gasteiger partial charge in [0.15, 0.2) is 11.5 Å². The first kappa shape index (κ1) is 13.3. The molecule has 0 amide bonds.